The molecule has 1 radical (unpaired) electrons. The van der Waals surface area contributed by atoms with Gasteiger partial charge < -0.3 is 5.73 Å². The predicted octanol–water partition coefficient (Wildman–Crippen LogP) is 2.09. The van der Waals surface area contributed by atoms with Gasteiger partial charge in [0.05, 0.1) is 0 Å². The van der Waals surface area contributed by atoms with Crippen molar-refractivity contribution in [1.82, 2.24) is 0 Å². The van der Waals surface area contributed by atoms with Gasteiger partial charge in [-0.2, -0.15) is 0 Å². The van der Waals surface area contributed by atoms with Crippen LogP contribution in [0.25, 0.3) is 0 Å². The Morgan fingerprint density at radius 3 is 2.50 bits per heavy atom. The van der Waals surface area contributed by atoms with Crippen LogP contribution in [0.5, 0.6) is 0 Å². The summed E-state index contributed by atoms with van der Waals surface area (Å²) >= 11 is 0. The van der Waals surface area contributed by atoms with Crippen LogP contribution in [0, 0.1) is 13.3 Å². The molecule has 2 N–H and O–H groups in total. The molecule has 1 aromatic rings. The van der Waals surface area contributed by atoms with Crippen LogP contribution in [0.15, 0.2) is 24.3 Å². The summed E-state index contributed by atoms with van der Waals surface area (Å²) in [7, 11) is 0. The van der Waals surface area contributed by atoms with Crippen LogP contribution in [0.4, 0.5) is 0 Å². The maximum absolute atomic E-state index is 5.36. The van der Waals surface area contributed by atoms with Gasteiger partial charge in [0.2, 0.25) is 0 Å². The Kier molecular flexibility index (Phi) is 3.81. The minimum absolute atomic E-state index is 0.686. The molecule has 0 saturated heterocycles. The summed E-state index contributed by atoms with van der Waals surface area (Å²) in [4.78, 5) is 0. The summed E-state index contributed by atoms with van der Waals surface area (Å²) in [5.74, 6) is 0. The van der Waals surface area contributed by atoms with Gasteiger partial charge in [0.1, 0.15) is 0 Å². The molecule has 0 heterocycles. The molecule has 0 amide bonds. The van der Waals surface area contributed by atoms with E-state index in [0.29, 0.717) is 6.54 Å². The van der Waals surface area contributed by atoms with Gasteiger partial charge in [-0.05, 0) is 38.3 Å². The van der Waals surface area contributed by atoms with Gasteiger partial charge in [0.15, 0.2) is 0 Å². The number of aryl methyl sites for hydroxylation is 2. The minimum atomic E-state index is 0.686. The molecule has 65 valence electrons. The van der Waals surface area contributed by atoms with E-state index in [-0.39, 0.29) is 0 Å². The van der Waals surface area contributed by atoms with Crippen LogP contribution >= 0.6 is 0 Å². The first-order chi connectivity index (χ1) is 5.83. The van der Waals surface area contributed by atoms with Crippen LogP contribution in [0.3, 0.4) is 0 Å². The maximum Gasteiger partial charge on any atom is -0.00456 e. The Balaban J connectivity index is 2.37. The lowest BCUT2D eigenvalue weighted by Gasteiger charge is -2.00. The van der Waals surface area contributed by atoms with E-state index in [0.717, 1.165) is 12.8 Å². The number of benzene rings is 1. The molecule has 1 heteroatoms. The van der Waals surface area contributed by atoms with E-state index in [1.54, 1.807) is 0 Å². The fraction of sp³-hybridized carbons (Fsp3) is 0.364. The molecule has 0 unspecified atom stereocenters. The van der Waals surface area contributed by atoms with E-state index >= 15 is 0 Å². The fourth-order valence-electron chi connectivity index (χ4n) is 1.14. The fourth-order valence-corrected chi connectivity index (χ4v) is 1.14. The van der Waals surface area contributed by atoms with Gasteiger partial charge in [-0.1, -0.05) is 29.8 Å². The normalized spacial score (nSPS) is 10.2. The van der Waals surface area contributed by atoms with Gasteiger partial charge in [-0.15, -0.1) is 0 Å². The zero-order chi connectivity index (χ0) is 8.81. The van der Waals surface area contributed by atoms with Crippen LogP contribution in [-0.2, 0) is 6.42 Å². The third kappa shape index (κ3) is 3.05. The van der Waals surface area contributed by atoms with Gasteiger partial charge in [-0.25, -0.2) is 0 Å². The summed E-state index contributed by atoms with van der Waals surface area (Å²) in [5, 5.41) is 0. The average molecular weight is 162 g/mol. The molecule has 0 aliphatic heterocycles. The summed E-state index contributed by atoms with van der Waals surface area (Å²) in [6.45, 7) is 2.79. The standard InChI is InChI=1S/C11H16N/c1-10-5-7-11(8-6-10)4-2-3-9-12/h3,5-8H,2,4,9,12H2,1H3. The van der Waals surface area contributed by atoms with E-state index in [2.05, 4.69) is 37.6 Å². The van der Waals surface area contributed by atoms with Crippen molar-refractivity contribution in [1.29, 1.82) is 0 Å². The zero-order valence-electron chi connectivity index (χ0n) is 7.59. The molecule has 0 fully saturated rings. The van der Waals surface area contributed by atoms with Gasteiger partial charge >= 0.3 is 0 Å². The SMILES string of the molecule is Cc1ccc(CC[CH]CN)cc1. The lowest BCUT2D eigenvalue weighted by molar-refractivity contribution is 0.897. The predicted molar refractivity (Wildman–Crippen MR) is 52.9 cm³/mol. The zero-order valence-corrected chi connectivity index (χ0v) is 7.59. The highest BCUT2D eigenvalue weighted by atomic mass is 14.5. The number of unbranched alkanes of at least 4 members (excludes halogenated alkanes) is 1. The number of hydrogen-bond acceptors (Lipinski definition) is 1. The van der Waals surface area contributed by atoms with Crippen LogP contribution in [-0.4, -0.2) is 6.54 Å². The second-order valence-electron chi connectivity index (χ2n) is 3.05. The molecule has 0 bridgehead atoms. The largest absolute Gasteiger partial charge is 0.330 e. The summed E-state index contributed by atoms with van der Waals surface area (Å²) in [5.41, 5.74) is 8.08. The van der Waals surface area contributed by atoms with E-state index in [1.165, 1.54) is 11.1 Å². The third-order valence-electron chi connectivity index (χ3n) is 1.92. The van der Waals surface area contributed by atoms with Crippen molar-refractivity contribution < 1.29 is 0 Å². The first kappa shape index (κ1) is 9.27. The van der Waals surface area contributed by atoms with Crippen molar-refractivity contribution >= 4 is 0 Å². The van der Waals surface area contributed by atoms with Crippen molar-refractivity contribution in [2.24, 2.45) is 5.73 Å². The van der Waals surface area contributed by atoms with Gasteiger partial charge in [-0.3, -0.25) is 0 Å². The Morgan fingerprint density at radius 2 is 1.92 bits per heavy atom. The minimum Gasteiger partial charge on any atom is -0.330 e. The molecular weight excluding hydrogens is 146 g/mol. The van der Waals surface area contributed by atoms with Gasteiger partial charge in [0.25, 0.3) is 0 Å². The monoisotopic (exact) mass is 162 g/mol. The topological polar surface area (TPSA) is 26.0 Å². The van der Waals surface area contributed by atoms with Crippen LogP contribution in [0.2, 0.25) is 0 Å². The molecule has 1 rings (SSSR count). The van der Waals surface area contributed by atoms with Gasteiger partial charge in [0, 0.05) is 0 Å². The molecular formula is C11H16N. The molecule has 12 heavy (non-hydrogen) atoms. The van der Waals surface area contributed by atoms with Crippen molar-refractivity contribution in [3.63, 3.8) is 0 Å². The lowest BCUT2D eigenvalue weighted by atomic mass is 10.1. The Morgan fingerprint density at radius 1 is 1.25 bits per heavy atom. The Hall–Kier alpha value is -0.820. The smallest absolute Gasteiger partial charge is 0.00456 e. The molecule has 0 aliphatic rings. The average Bonchev–Trinajstić information content (AvgIpc) is 2.09. The molecule has 0 aliphatic carbocycles. The highest BCUT2D eigenvalue weighted by Crippen LogP contribution is 2.06. The van der Waals surface area contributed by atoms with Crippen molar-refractivity contribution in [2.45, 2.75) is 19.8 Å². The Bertz CT molecular complexity index is 213. The van der Waals surface area contributed by atoms with Crippen molar-refractivity contribution in [3.05, 3.63) is 41.8 Å². The number of hydrogen-bond donors (Lipinski definition) is 1. The van der Waals surface area contributed by atoms with E-state index in [1.807, 2.05) is 0 Å². The first-order valence-electron chi connectivity index (χ1n) is 4.40. The van der Waals surface area contributed by atoms with E-state index < -0.39 is 0 Å². The third-order valence-corrected chi connectivity index (χ3v) is 1.92. The van der Waals surface area contributed by atoms with E-state index in [9.17, 15) is 0 Å². The maximum atomic E-state index is 5.36. The summed E-state index contributed by atoms with van der Waals surface area (Å²) in [6, 6.07) is 8.66. The number of rotatable bonds is 4. The van der Waals surface area contributed by atoms with E-state index in [4.69, 9.17) is 5.73 Å². The molecule has 1 nitrogen and oxygen atoms in total. The molecule has 1 aromatic carbocycles. The van der Waals surface area contributed by atoms with Crippen molar-refractivity contribution in [3.8, 4) is 0 Å². The van der Waals surface area contributed by atoms with Crippen LogP contribution in [0.1, 0.15) is 17.5 Å². The Labute approximate surface area is 74.6 Å². The highest BCUT2D eigenvalue weighted by molar-refractivity contribution is 5.21. The highest BCUT2D eigenvalue weighted by Gasteiger charge is 1.91. The second-order valence-corrected chi connectivity index (χ2v) is 3.05. The molecule has 0 saturated carbocycles. The molecule has 0 atom stereocenters. The second kappa shape index (κ2) is 4.94. The first-order valence-corrected chi connectivity index (χ1v) is 4.40. The van der Waals surface area contributed by atoms with Crippen LogP contribution < -0.4 is 5.73 Å². The quantitative estimate of drug-likeness (QED) is 0.674. The summed E-state index contributed by atoms with van der Waals surface area (Å²) < 4.78 is 0. The number of nitrogens with two attached hydrogens (primary N) is 1. The van der Waals surface area contributed by atoms with Crippen molar-refractivity contribution in [2.75, 3.05) is 6.54 Å². The summed E-state index contributed by atoms with van der Waals surface area (Å²) in [6.07, 6.45) is 4.30. The lowest BCUT2D eigenvalue weighted by Crippen LogP contribution is -1.99. The molecule has 0 spiro atoms. The molecule has 0 aromatic heterocycles.